The van der Waals surface area contributed by atoms with Crippen LogP contribution in [0.5, 0.6) is 0 Å². The van der Waals surface area contributed by atoms with Crippen LogP contribution in [-0.2, 0) is 4.79 Å². The number of para-hydroxylation sites is 2. The van der Waals surface area contributed by atoms with Crippen LogP contribution < -0.4 is 15.1 Å². The van der Waals surface area contributed by atoms with E-state index in [1.165, 1.54) is 0 Å². The summed E-state index contributed by atoms with van der Waals surface area (Å²) >= 11 is 0. The summed E-state index contributed by atoms with van der Waals surface area (Å²) in [5, 5.41) is 12.2. The molecule has 0 spiro atoms. The van der Waals surface area contributed by atoms with E-state index in [2.05, 4.69) is 34.3 Å². The molecule has 1 aliphatic heterocycles. The lowest BCUT2D eigenvalue weighted by Crippen LogP contribution is -2.53. The van der Waals surface area contributed by atoms with E-state index in [-0.39, 0.29) is 18.4 Å². The smallest absolute Gasteiger partial charge is 0.240 e. The van der Waals surface area contributed by atoms with Crippen molar-refractivity contribution in [2.24, 2.45) is 5.92 Å². The lowest BCUT2D eigenvalue weighted by molar-refractivity contribution is -0.121. The van der Waals surface area contributed by atoms with E-state index < -0.39 is 5.54 Å². The Kier molecular flexibility index (Phi) is 4.60. The number of nitrogens with zero attached hydrogens (tertiary/aromatic N) is 3. The summed E-state index contributed by atoms with van der Waals surface area (Å²) in [4.78, 5) is 16.6. The van der Waals surface area contributed by atoms with Gasteiger partial charge in [0.2, 0.25) is 5.91 Å². The maximum atomic E-state index is 12.4. The molecule has 0 saturated carbocycles. The van der Waals surface area contributed by atoms with Gasteiger partial charge in [0, 0.05) is 20.1 Å². The van der Waals surface area contributed by atoms with Crippen molar-refractivity contribution in [2.75, 3.05) is 36.5 Å². The predicted octanol–water partition coefficient (Wildman–Crippen LogP) is 2.00. The Morgan fingerprint density at radius 2 is 2.00 bits per heavy atom. The minimum atomic E-state index is -0.830. The molecule has 118 valence electrons. The number of nitrogens with one attached hydrogen (secondary N) is 1. The van der Waals surface area contributed by atoms with Crippen LogP contribution in [0.2, 0.25) is 0 Å². The highest BCUT2D eigenvalue weighted by Gasteiger charge is 2.31. The average Bonchev–Trinajstić information content (AvgIpc) is 2.50. The SMILES string of the molecule is CC(C)[C@@](C)(C#N)NC(=O)CN1CCN(C)c2ccccc21. The minimum Gasteiger partial charge on any atom is -0.371 e. The van der Waals surface area contributed by atoms with Crippen LogP contribution in [0.4, 0.5) is 11.4 Å². The molecule has 0 unspecified atom stereocenters. The Labute approximate surface area is 132 Å². The number of amides is 1. The number of hydrogen-bond acceptors (Lipinski definition) is 4. The van der Waals surface area contributed by atoms with Gasteiger partial charge in [-0.3, -0.25) is 4.79 Å². The van der Waals surface area contributed by atoms with Crippen LogP contribution in [0.25, 0.3) is 0 Å². The molecule has 1 aromatic rings. The van der Waals surface area contributed by atoms with E-state index >= 15 is 0 Å². The summed E-state index contributed by atoms with van der Waals surface area (Å²) in [6.07, 6.45) is 0. The van der Waals surface area contributed by atoms with Gasteiger partial charge in [-0.1, -0.05) is 26.0 Å². The number of hydrogen-bond donors (Lipinski definition) is 1. The number of nitriles is 1. The molecular formula is C17H24N4O. The van der Waals surface area contributed by atoms with Crippen LogP contribution in [0.15, 0.2) is 24.3 Å². The fourth-order valence-electron chi connectivity index (χ4n) is 2.53. The molecule has 1 aliphatic rings. The highest BCUT2D eigenvalue weighted by molar-refractivity contribution is 5.85. The number of rotatable bonds is 4. The molecule has 1 amide bonds. The maximum absolute atomic E-state index is 12.4. The zero-order valence-corrected chi connectivity index (χ0v) is 13.8. The third-order valence-corrected chi connectivity index (χ3v) is 4.46. The van der Waals surface area contributed by atoms with Crippen LogP contribution in [0, 0.1) is 17.2 Å². The molecule has 0 bridgehead atoms. The van der Waals surface area contributed by atoms with Gasteiger partial charge < -0.3 is 15.1 Å². The molecule has 0 saturated heterocycles. The monoisotopic (exact) mass is 300 g/mol. The molecule has 1 aromatic carbocycles. The van der Waals surface area contributed by atoms with E-state index in [0.717, 1.165) is 24.5 Å². The molecule has 2 rings (SSSR count). The average molecular weight is 300 g/mol. The van der Waals surface area contributed by atoms with Gasteiger partial charge >= 0.3 is 0 Å². The highest BCUT2D eigenvalue weighted by atomic mass is 16.2. The molecule has 22 heavy (non-hydrogen) atoms. The van der Waals surface area contributed by atoms with Crippen molar-refractivity contribution in [3.63, 3.8) is 0 Å². The van der Waals surface area contributed by atoms with E-state index in [0.29, 0.717) is 0 Å². The molecule has 1 N–H and O–H groups in total. The first-order valence-electron chi connectivity index (χ1n) is 7.65. The molecule has 0 aliphatic carbocycles. The fourth-order valence-corrected chi connectivity index (χ4v) is 2.53. The zero-order chi connectivity index (χ0) is 16.3. The second kappa shape index (κ2) is 6.27. The highest BCUT2D eigenvalue weighted by Crippen LogP contribution is 2.31. The van der Waals surface area contributed by atoms with Crippen LogP contribution in [0.3, 0.4) is 0 Å². The summed E-state index contributed by atoms with van der Waals surface area (Å²) in [6, 6.07) is 10.3. The predicted molar refractivity (Wildman–Crippen MR) is 88.9 cm³/mol. The Morgan fingerprint density at radius 1 is 1.36 bits per heavy atom. The molecule has 0 aromatic heterocycles. The minimum absolute atomic E-state index is 0.0567. The molecular weight excluding hydrogens is 276 g/mol. The first-order chi connectivity index (χ1) is 10.4. The summed E-state index contributed by atoms with van der Waals surface area (Å²) in [5.74, 6) is -0.0571. The van der Waals surface area contributed by atoms with Gasteiger partial charge in [0.05, 0.1) is 24.0 Å². The van der Waals surface area contributed by atoms with Gasteiger partial charge in [0.1, 0.15) is 5.54 Å². The van der Waals surface area contributed by atoms with Crippen molar-refractivity contribution in [1.29, 1.82) is 5.26 Å². The maximum Gasteiger partial charge on any atom is 0.240 e. The summed E-state index contributed by atoms with van der Waals surface area (Å²) in [7, 11) is 2.06. The first-order valence-corrected chi connectivity index (χ1v) is 7.65. The Balaban J connectivity index is 2.11. The lowest BCUT2D eigenvalue weighted by atomic mass is 9.90. The first kappa shape index (κ1) is 16.2. The second-order valence-corrected chi connectivity index (χ2v) is 6.35. The number of likely N-dealkylation sites (N-methyl/N-ethyl adjacent to an activating group) is 1. The molecule has 5 heteroatoms. The zero-order valence-electron chi connectivity index (χ0n) is 13.8. The summed E-state index contributed by atoms with van der Waals surface area (Å²) < 4.78 is 0. The van der Waals surface area contributed by atoms with Gasteiger partial charge in [0.15, 0.2) is 0 Å². The van der Waals surface area contributed by atoms with Crippen LogP contribution in [-0.4, -0.2) is 38.1 Å². The largest absolute Gasteiger partial charge is 0.371 e. The molecule has 0 fully saturated rings. The molecule has 5 nitrogen and oxygen atoms in total. The standard InChI is InChI=1S/C17H24N4O/c1-13(2)17(3,12-18)19-16(22)11-21-10-9-20(4)14-7-5-6-8-15(14)21/h5-8,13H,9-11H2,1-4H3,(H,19,22)/t17-/m1/s1. The van der Waals surface area contributed by atoms with Crippen LogP contribution in [0.1, 0.15) is 20.8 Å². The molecule has 0 radical (unpaired) electrons. The van der Waals surface area contributed by atoms with Gasteiger partial charge in [0.25, 0.3) is 0 Å². The summed E-state index contributed by atoms with van der Waals surface area (Å²) in [5.41, 5.74) is 1.37. The topological polar surface area (TPSA) is 59.4 Å². The number of benzene rings is 1. The van der Waals surface area contributed by atoms with Crippen molar-refractivity contribution in [1.82, 2.24) is 5.32 Å². The van der Waals surface area contributed by atoms with Crippen molar-refractivity contribution < 1.29 is 4.79 Å². The van der Waals surface area contributed by atoms with E-state index in [4.69, 9.17) is 0 Å². The van der Waals surface area contributed by atoms with Gasteiger partial charge in [-0.05, 0) is 25.0 Å². The van der Waals surface area contributed by atoms with Gasteiger partial charge in [-0.25, -0.2) is 0 Å². The molecule has 1 heterocycles. The lowest BCUT2D eigenvalue weighted by Gasteiger charge is -2.37. The van der Waals surface area contributed by atoms with Crippen molar-refractivity contribution in [2.45, 2.75) is 26.3 Å². The second-order valence-electron chi connectivity index (χ2n) is 6.35. The summed E-state index contributed by atoms with van der Waals surface area (Å²) in [6.45, 7) is 7.60. The molecule has 1 atom stereocenters. The Morgan fingerprint density at radius 3 is 2.59 bits per heavy atom. The van der Waals surface area contributed by atoms with Crippen molar-refractivity contribution in [3.8, 4) is 6.07 Å². The number of anilines is 2. The van der Waals surface area contributed by atoms with Crippen LogP contribution >= 0.6 is 0 Å². The number of carbonyl (C=O) groups is 1. The quantitative estimate of drug-likeness (QED) is 0.924. The number of fused-ring (bicyclic) bond motifs is 1. The van der Waals surface area contributed by atoms with E-state index in [9.17, 15) is 10.1 Å². The third-order valence-electron chi connectivity index (χ3n) is 4.46. The van der Waals surface area contributed by atoms with E-state index in [1.54, 1.807) is 6.92 Å². The van der Waals surface area contributed by atoms with E-state index in [1.807, 2.05) is 32.0 Å². The normalized spacial score (nSPS) is 16.7. The van der Waals surface area contributed by atoms with Crippen molar-refractivity contribution >= 4 is 17.3 Å². The Bertz CT molecular complexity index is 593. The Hall–Kier alpha value is -2.22. The fraction of sp³-hybridized carbons (Fsp3) is 0.529. The third kappa shape index (κ3) is 3.16. The van der Waals surface area contributed by atoms with Gasteiger partial charge in [-0.2, -0.15) is 5.26 Å². The van der Waals surface area contributed by atoms with Crippen molar-refractivity contribution in [3.05, 3.63) is 24.3 Å². The number of carbonyl (C=O) groups excluding carboxylic acids is 1. The van der Waals surface area contributed by atoms with Gasteiger partial charge in [-0.15, -0.1) is 0 Å².